The van der Waals surface area contributed by atoms with E-state index in [4.69, 9.17) is 5.73 Å². The topological polar surface area (TPSA) is 80.7 Å². The Morgan fingerprint density at radius 2 is 2.14 bits per heavy atom. The van der Waals surface area contributed by atoms with Crippen molar-refractivity contribution in [3.8, 4) is 0 Å². The number of aromatic nitrogens is 2. The zero-order chi connectivity index (χ0) is 14.8. The second-order valence-electron chi connectivity index (χ2n) is 5.07. The summed E-state index contributed by atoms with van der Waals surface area (Å²) in [5, 5.41) is 1.95. The zero-order valence-corrected chi connectivity index (χ0v) is 12.3. The lowest BCUT2D eigenvalue weighted by atomic mass is 9.96. The summed E-state index contributed by atoms with van der Waals surface area (Å²) in [5.74, 6) is -0.404. The molecule has 1 saturated heterocycles. The highest BCUT2D eigenvalue weighted by atomic mass is 32.1. The lowest BCUT2D eigenvalue weighted by Gasteiger charge is -2.29. The van der Waals surface area contributed by atoms with E-state index in [0.717, 1.165) is 10.7 Å². The fourth-order valence-corrected chi connectivity index (χ4v) is 3.21. The highest BCUT2D eigenvalue weighted by Crippen LogP contribution is 2.17. The van der Waals surface area contributed by atoms with E-state index < -0.39 is 0 Å². The van der Waals surface area contributed by atoms with Crippen LogP contribution in [0.2, 0.25) is 0 Å². The summed E-state index contributed by atoms with van der Waals surface area (Å²) in [6.45, 7) is 1.16. The molecule has 0 aromatic carbocycles. The Hall–Kier alpha value is -2.15. The molecule has 0 saturated carbocycles. The minimum atomic E-state index is -0.267. The number of fused-ring (bicyclic) bond motifs is 1. The predicted octanol–water partition coefficient (Wildman–Crippen LogP) is 1.13. The molecule has 3 rings (SSSR count). The van der Waals surface area contributed by atoms with E-state index in [-0.39, 0.29) is 17.7 Å². The molecule has 0 bridgehead atoms. The van der Waals surface area contributed by atoms with Gasteiger partial charge >= 0.3 is 0 Å². The molecule has 0 aliphatic carbocycles. The lowest BCUT2D eigenvalue weighted by molar-refractivity contribution is -0.130. The number of nitrogens with two attached hydrogens (primary N) is 1. The summed E-state index contributed by atoms with van der Waals surface area (Å²) in [5.41, 5.74) is 6.17. The number of hydrogen-bond acceptors (Lipinski definition) is 4. The van der Waals surface area contributed by atoms with E-state index in [1.54, 1.807) is 34.6 Å². The van der Waals surface area contributed by atoms with Crippen LogP contribution in [0.1, 0.15) is 18.5 Å². The van der Waals surface area contributed by atoms with Crippen molar-refractivity contribution < 1.29 is 9.59 Å². The number of carbonyl (C=O) groups excluding carboxylic acids is 2. The molecule has 3 heterocycles. The fraction of sp³-hybridized carbons (Fsp3) is 0.357. The van der Waals surface area contributed by atoms with Crippen molar-refractivity contribution in [2.75, 3.05) is 13.1 Å². The second-order valence-corrected chi connectivity index (χ2v) is 5.95. The van der Waals surface area contributed by atoms with Gasteiger partial charge in [-0.15, -0.1) is 11.3 Å². The van der Waals surface area contributed by atoms with Crippen molar-refractivity contribution >= 4 is 34.2 Å². The monoisotopic (exact) mass is 304 g/mol. The number of carbonyl (C=O) groups is 2. The molecule has 0 unspecified atom stereocenters. The summed E-state index contributed by atoms with van der Waals surface area (Å²) in [6, 6.07) is 0. The highest BCUT2D eigenvalue weighted by Gasteiger charge is 2.24. The predicted molar refractivity (Wildman–Crippen MR) is 80.6 cm³/mol. The largest absolute Gasteiger partial charge is 0.369 e. The van der Waals surface area contributed by atoms with Crippen molar-refractivity contribution in [3.63, 3.8) is 0 Å². The number of thiazole rings is 1. The van der Waals surface area contributed by atoms with Crippen LogP contribution in [0, 0.1) is 5.92 Å². The second kappa shape index (κ2) is 5.69. The Kier molecular flexibility index (Phi) is 3.74. The third kappa shape index (κ3) is 2.82. The van der Waals surface area contributed by atoms with Crippen molar-refractivity contribution in [2.45, 2.75) is 12.8 Å². The molecule has 2 aromatic heterocycles. The molecule has 21 heavy (non-hydrogen) atoms. The number of nitrogens with zero attached hydrogens (tertiary/aromatic N) is 3. The van der Waals surface area contributed by atoms with Crippen LogP contribution in [0.3, 0.4) is 0 Å². The van der Waals surface area contributed by atoms with Gasteiger partial charge < -0.3 is 10.6 Å². The maximum Gasteiger partial charge on any atom is 0.246 e. The fourth-order valence-electron chi connectivity index (χ4n) is 2.52. The molecule has 1 aliphatic heterocycles. The quantitative estimate of drug-likeness (QED) is 0.863. The molecule has 2 amide bonds. The van der Waals surface area contributed by atoms with Crippen molar-refractivity contribution in [1.82, 2.24) is 14.3 Å². The molecule has 0 spiro atoms. The average molecular weight is 304 g/mol. The number of likely N-dealkylation sites (tertiary alicyclic amines) is 1. The number of hydrogen-bond donors (Lipinski definition) is 1. The van der Waals surface area contributed by atoms with Gasteiger partial charge in [-0.2, -0.15) is 0 Å². The van der Waals surface area contributed by atoms with E-state index in [1.807, 2.05) is 16.0 Å². The molecule has 2 aromatic rings. The van der Waals surface area contributed by atoms with Gasteiger partial charge in [0.1, 0.15) is 0 Å². The van der Waals surface area contributed by atoms with Gasteiger partial charge in [-0.05, 0) is 18.9 Å². The first-order chi connectivity index (χ1) is 10.1. The molecule has 7 heteroatoms. The molecule has 0 atom stereocenters. The van der Waals surface area contributed by atoms with Crippen LogP contribution in [-0.4, -0.2) is 39.2 Å². The molecular weight excluding hydrogens is 288 g/mol. The Balaban J connectivity index is 1.63. The molecule has 1 aliphatic rings. The summed E-state index contributed by atoms with van der Waals surface area (Å²) >= 11 is 1.55. The summed E-state index contributed by atoms with van der Waals surface area (Å²) in [6.07, 6.45) is 8.30. The van der Waals surface area contributed by atoms with E-state index >= 15 is 0 Å². The summed E-state index contributed by atoms with van der Waals surface area (Å²) < 4.78 is 1.94. The standard InChI is InChI=1S/C14H16N4O2S/c15-13(20)10-3-5-17(6-4-10)12(19)2-1-11-9-16-14-18(11)7-8-21-14/h1-2,7-10H,3-6H2,(H2,15,20)/b2-1+. The van der Waals surface area contributed by atoms with Crippen LogP contribution >= 0.6 is 11.3 Å². The van der Waals surface area contributed by atoms with Gasteiger partial charge in [0.25, 0.3) is 0 Å². The molecule has 2 N–H and O–H groups in total. The Morgan fingerprint density at radius 3 is 2.86 bits per heavy atom. The normalized spacial score (nSPS) is 16.9. The SMILES string of the molecule is NC(=O)C1CCN(C(=O)/C=C/c2cnc3sccn23)CC1. The number of amides is 2. The minimum absolute atomic E-state index is 0.0388. The number of imidazole rings is 1. The first-order valence-corrected chi connectivity index (χ1v) is 7.70. The Labute approximate surface area is 125 Å². The van der Waals surface area contributed by atoms with E-state index in [0.29, 0.717) is 25.9 Å². The van der Waals surface area contributed by atoms with Gasteiger partial charge in [-0.3, -0.25) is 14.0 Å². The lowest BCUT2D eigenvalue weighted by Crippen LogP contribution is -2.41. The van der Waals surface area contributed by atoms with Gasteiger partial charge in [0, 0.05) is 36.7 Å². The van der Waals surface area contributed by atoms with Crippen LogP contribution in [0.25, 0.3) is 11.0 Å². The van der Waals surface area contributed by atoms with Crippen LogP contribution in [-0.2, 0) is 9.59 Å². The minimum Gasteiger partial charge on any atom is -0.369 e. The first-order valence-electron chi connectivity index (χ1n) is 6.82. The molecule has 0 radical (unpaired) electrons. The van der Waals surface area contributed by atoms with Crippen molar-refractivity contribution in [3.05, 3.63) is 29.5 Å². The van der Waals surface area contributed by atoms with Gasteiger partial charge in [0.2, 0.25) is 11.8 Å². The van der Waals surface area contributed by atoms with Crippen LogP contribution in [0.15, 0.2) is 23.8 Å². The summed E-state index contributed by atoms with van der Waals surface area (Å²) in [4.78, 5) is 30.2. The maximum absolute atomic E-state index is 12.1. The first kappa shape index (κ1) is 13.8. The smallest absolute Gasteiger partial charge is 0.246 e. The summed E-state index contributed by atoms with van der Waals surface area (Å²) in [7, 11) is 0. The Bertz CT molecular complexity index is 695. The Morgan fingerprint density at radius 1 is 1.38 bits per heavy atom. The third-order valence-electron chi connectivity index (χ3n) is 3.78. The molecule has 110 valence electrons. The number of primary amides is 1. The molecular formula is C14H16N4O2S. The molecule has 6 nitrogen and oxygen atoms in total. The van der Waals surface area contributed by atoms with Gasteiger partial charge in [0.15, 0.2) is 4.96 Å². The molecule has 1 fully saturated rings. The van der Waals surface area contributed by atoms with Gasteiger partial charge in [-0.1, -0.05) is 0 Å². The van der Waals surface area contributed by atoms with Crippen LogP contribution in [0.4, 0.5) is 0 Å². The van der Waals surface area contributed by atoms with Crippen LogP contribution < -0.4 is 5.73 Å². The average Bonchev–Trinajstić information content (AvgIpc) is 3.08. The van der Waals surface area contributed by atoms with E-state index in [9.17, 15) is 9.59 Å². The van der Waals surface area contributed by atoms with Gasteiger partial charge in [-0.25, -0.2) is 4.98 Å². The highest BCUT2D eigenvalue weighted by molar-refractivity contribution is 7.15. The zero-order valence-electron chi connectivity index (χ0n) is 11.4. The van der Waals surface area contributed by atoms with Crippen molar-refractivity contribution in [1.29, 1.82) is 0 Å². The number of rotatable bonds is 3. The van der Waals surface area contributed by atoms with E-state index in [1.165, 1.54) is 0 Å². The van der Waals surface area contributed by atoms with Gasteiger partial charge in [0.05, 0.1) is 11.9 Å². The van der Waals surface area contributed by atoms with Crippen molar-refractivity contribution in [2.24, 2.45) is 11.7 Å². The van der Waals surface area contributed by atoms with E-state index in [2.05, 4.69) is 4.98 Å². The maximum atomic E-state index is 12.1. The number of piperidine rings is 1. The third-order valence-corrected chi connectivity index (χ3v) is 4.55. The van der Waals surface area contributed by atoms with Crippen LogP contribution in [0.5, 0.6) is 0 Å².